The van der Waals surface area contributed by atoms with Crippen LogP contribution in [0.1, 0.15) is 73.7 Å². The van der Waals surface area contributed by atoms with Crippen molar-refractivity contribution in [3.8, 4) is 0 Å². The molecule has 1 aliphatic heterocycles. The number of carbonyl (C=O) groups is 4. The molecule has 3 aromatic carbocycles. The lowest BCUT2D eigenvalue weighted by Gasteiger charge is -2.29. The number of amides is 3. The van der Waals surface area contributed by atoms with Gasteiger partial charge in [0.2, 0.25) is 5.91 Å². The summed E-state index contributed by atoms with van der Waals surface area (Å²) < 4.78 is 5.69. The second-order valence-corrected chi connectivity index (χ2v) is 12.3. The summed E-state index contributed by atoms with van der Waals surface area (Å²) in [6.07, 6.45) is 1.28. The van der Waals surface area contributed by atoms with Crippen LogP contribution in [0.15, 0.2) is 66.7 Å². The largest absolute Gasteiger partial charge is 0.459 e. The lowest BCUT2D eigenvalue weighted by atomic mass is 10.0. The van der Waals surface area contributed by atoms with Gasteiger partial charge in [0.15, 0.2) is 0 Å². The summed E-state index contributed by atoms with van der Waals surface area (Å²) in [5.41, 5.74) is 1.08. The predicted molar refractivity (Wildman–Crippen MR) is 163 cm³/mol. The minimum atomic E-state index is -0.906. The molecule has 2 atom stereocenters. The standard InChI is InChI=1S/C34H41N3O5/c1-22(2)19-29(30(38)35-17-15-23-11-7-6-8-12-23)36-28(33(41)42-34(3,4)5)16-18-37-31(39)26-20-24-13-9-10-14-25(24)21-27(26)32(37)40/h6-14,20-22,28-29,36H,15-19H2,1-5H3,(H,35,38)/t28-,29+/m1/s1. The molecule has 8 heteroatoms. The minimum absolute atomic E-state index is 0.00360. The Balaban J connectivity index is 1.48. The molecule has 1 heterocycles. The molecule has 222 valence electrons. The third-order valence-electron chi connectivity index (χ3n) is 7.15. The van der Waals surface area contributed by atoms with E-state index < -0.39 is 23.7 Å². The average Bonchev–Trinajstić information content (AvgIpc) is 3.16. The summed E-state index contributed by atoms with van der Waals surface area (Å²) in [4.78, 5) is 54.4. The summed E-state index contributed by atoms with van der Waals surface area (Å²) >= 11 is 0. The Morgan fingerprint density at radius 1 is 0.857 bits per heavy atom. The van der Waals surface area contributed by atoms with E-state index in [1.807, 2.05) is 68.4 Å². The van der Waals surface area contributed by atoms with E-state index in [4.69, 9.17) is 4.74 Å². The van der Waals surface area contributed by atoms with Crippen LogP contribution in [-0.4, -0.2) is 59.4 Å². The van der Waals surface area contributed by atoms with Crippen LogP contribution in [-0.2, 0) is 20.7 Å². The number of nitrogens with zero attached hydrogens (tertiary/aromatic N) is 1. The van der Waals surface area contributed by atoms with E-state index in [-0.39, 0.29) is 36.6 Å². The monoisotopic (exact) mass is 571 g/mol. The average molecular weight is 572 g/mol. The van der Waals surface area contributed by atoms with Gasteiger partial charge >= 0.3 is 5.97 Å². The Morgan fingerprint density at radius 2 is 1.43 bits per heavy atom. The smallest absolute Gasteiger partial charge is 0.323 e. The van der Waals surface area contributed by atoms with Gasteiger partial charge in [0.25, 0.3) is 11.8 Å². The quantitative estimate of drug-likeness (QED) is 0.237. The number of benzene rings is 3. The van der Waals surface area contributed by atoms with Gasteiger partial charge in [-0.05, 0) is 74.4 Å². The molecule has 4 rings (SSSR count). The number of carbonyl (C=O) groups excluding carboxylic acids is 4. The Hall–Kier alpha value is -4.04. The highest BCUT2D eigenvalue weighted by atomic mass is 16.6. The van der Waals surface area contributed by atoms with E-state index in [0.29, 0.717) is 30.5 Å². The maximum Gasteiger partial charge on any atom is 0.323 e. The lowest BCUT2D eigenvalue weighted by molar-refractivity contribution is -0.158. The van der Waals surface area contributed by atoms with E-state index >= 15 is 0 Å². The molecule has 8 nitrogen and oxygen atoms in total. The first-order valence-corrected chi connectivity index (χ1v) is 14.6. The number of hydrogen-bond donors (Lipinski definition) is 2. The minimum Gasteiger partial charge on any atom is -0.459 e. The third kappa shape index (κ3) is 7.82. The highest BCUT2D eigenvalue weighted by Gasteiger charge is 2.37. The molecule has 2 N–H and O–H groups in total. The zero-order chi connectivity index (χ0) is 30.4. The van der Waals surface area contributed by atoms with Crippen molar-refractivity contribution in [3.05, 3.63) is 83.4 Å². The number of imide groups is 1. The van der Waals surface area contributed by atoms with Gasteiger partial charge in [0, 0.05) is 13.1 Å². The van der Waals surface area contributed by atoms with Crippen LogP contribution in [0, 0.1) is 5.92 Å². The fourth-order valence-corrected chi connectivity index (χ4v) is 5.14. The van der Waals surface area contributed by atoms with Gasteiger partial charge in [-0.2, -0.15) is 0 Å². The van der Waals surface area contributed by atoms with E-state index in [2.05, 4.69) is 10.6 Å². The molecule has 0 spiro atoms. The van der Waals surface area contributed by atoms with Crippen molar-refractivity contribution in [2.45, 2.75) is 71.6 Å². The van der Waals surface area contributed by atoms with Crippen molar-refractivity contribution >= 4 is 34.5 Å². The molecule has 0 saturated heterocycles. The Bertz CT molecular complexity index is 1390. The first-order valence-electron chi connectivity index (χ1n) is 14.6. The molecule has 0 fully saturated rings. The topological polar surface area (TPSA) is 105 Å². The van der Waals surface area contributed by atoms with Crippen LogP contribution in [0.5, 0.6) is 0 Å². The van der Waals surface area contributed by atoms with Crippen LogP contribution in [0.25, 0.3) is 10.8 Å². The highest BCUT2D eigenvalue weighted by molar-refractivity contribution is 6.23. The van der Waals surface area contributed by atoms with Crippen molar-refractivity contribution in [1.82, 2.24) is 15.5 Å². The van der Waals surface area contributed by atoms with Gasteiger partial charge in [-0.1, -0.05) is 68.4 Å². The summed E-state index contributed by atoms with van der Waals surface area (Å²) in [5, 5.41) is 7.97. The van der Waals surface area contributed by atoms with Gasteiger partial charge in [0.05, 0.1) is 17.2 Å². The summed E-state index contributed by atoms with van der Waals surface area (Å²) in [6, 6.07) is 19.4. The Morgan fingerprint density at radius 3 is 1.98 bits per heavy atom. The van der Waals surface area contributed by atoms with Crippen molar-refractivity contribution in [3.63, 3.8) is 0 Å². The van der Waals surface area contributed by atoms with Crippen molar-refractivity contribution in [1.29, 1.82) is 0 Å². The van der Waals surface area contributed by atoms with Gasteiger partial charge in [-0.15, -0.1) is 0 Å². The molecule has 0 aliphatic carbocycles. The number of esters is 1. The van der Waals surface area contributed by atoms with E-state index in [1.54, 1.807) is 32.9 Å². The van der Waals surface area contributed by atoms with Crippen molar-refractivity contribution < 1.29 is 23.9 Å². The second-order valence-electron chi connectivity index (χ2n) is 12.3. The molecule has 3 amide bonds. The molecular formula is C34H41N3O5. The number of ether oxygens (including phenoxy) is 1. The van der Waals surface area contributed by atoms with Crippen molar-refractivity contribution in [2.75, 3.05) is 13.1 Å². The molecule has 0 unspecified atom stereocenters. The third-order valence-corrected chi connectivity index (χ3v) is 7.15. The van der Waals surface area contributed by atoms with E-state index in [9.17, 15) is 19.2 Å². The zero-order valence-corrected chi connectivity index (χ0v) is 25.1. The van der Waals surface area contributed by atoms with E-state index in [1.165, 1.54) is 4.90 Å². The molecule has 42 heavy (non-hydrogen) atoms. The molecule has 0 bridgehead atoms. The number of rotatable bonds is 12. The second kappa shape index (κ2) is 13.3. The summed E-state index contributed by atoms with van der Waals surface area (Å²) in [7, 11) is 0. The van der Waals surface area contributed by atoms with Gasteiger partial charge in [-0.25, -0.2) is 0 Å². The van der Waals surface area contributed by atoms with Crippen LogP contribution in [0.4, 0.5) is 0 Å². The Labute approximate surface area is 247 Å². The molecule has 0 radical (unpaired) electrons. The maximum atomic E-state index is 13.3. The van der Waals surface area contributed by atoms with Crippen LogP contribution in [0.2, 0.25) is 0 Å². The van der Waals surface area contributed by atoms with Crippen molar-refractivity contribution in [2.24, 2.45) is 5.92 Å². The summed E-state index contributed by atoms with van der Waals surface area (Å²) in [5.74, 6) is -1.34. The zero-order valence-electron chi connectivity index (χ0n) is 25.1. The van der Waals surface area contributed by atoms with Gasteiger partial charge in [-0.3, -0.25) is 29.4 Å². The van der Waals surface area contributed by atoms with E-state index in [0.717, 1.165) is 16.3 Å². The number of hydrogen-bond acceptors (Lipinski definition) is 6. The normalized spacial score (nSPS) is 14.7. The molecule has 1 aliphatic rings. The molecule has 0 saturated carbocycles. The highest BCUT2D eigenvalue weighted by Crippen LogP contribution is 2.28. The Kier molecular flexibility index (Phi) is 9.78. The van der Waals surface area contributed by atoms with Crippen LogP contribution < -0.4 is 10.6 Å². The first-order chi connectivity index (χ1) is 19.9. The van der Waals surface area contributed by atoms with Gasteiger partial charge in [0.1, 0.15) is 11.6 Å². The van der Waals surface area contributed by atoms with Gasteiger partial charge < -0.3 is 10.1 Å². The SMILES string of the molecule is CC(C)C[C@H](N[C@H](CCN1C(=O)c2cc3ccccc3cc2C1=O)C(=O)OC(C)(C)C)C(=O)NCCc1ccccc1. The molecule has 0 aromatic heterocycles. The maximum absolute atomic E-state index is 13.3. The first kappa shape index (κ1) is 30.9. The molecular weight excluding hydrogens is 530 g/mol. The summed E-state index contributed by atoms with van der Waals surface area (Å²) in [6.45, 7) is 9.81. The predicted octanol–water partition coefficient (Wildman–Crippen LogP) is 4.90. The number of fused-ring (bicyclic) bond motifs is 2. The van der Waals surface area contributed by atoms with Crippen LogP contribution >= 0.6 is 0 Å². The fourth-order valence-electron chi connectivity index (χ4n) is 5.14. The lowest BCUT2D eigenvalue weighted by Crippen LogP contribution is -2.53. The fraction of sp³-hybridized carbons (Fsp3) is 0.412. The van der Waals surface area contributed by atoms with Crippen LogP contribution in [0.3, 0.4) is 0 Å². The number of nitrogens with one attached hydrogen (secondary N) is 2. The molecule has 3 aromatic rings.